The zero-order valence-corrected chi connectivity index (χ0v) is 4.89. The zero-order chi connectivity index (χ0) is 6.57. The summed E-state index contributed by atoms with van der Waals surface area (Å²) in [5.74, 6) is -0.744. The summed E-state index contributed by atoms with van der Waals surface area (Å²) in [7, 11) is 0. The molecule has 0 saturated carbocycles. The molecule has 4 N–H and O–H groups in total. The maximum Gasteiger partial charge on any atom is 0.293 e. The van der Waals surface area contributed by atoms with E-state index in [0.29, 0.717) is 6.42 Å². The van der Waals surface area contributed by atoms with Gasteiger partial charge in [0.15, 0.2) is 0 Å². The highest BCUT2D eigenvalue weighted by Crippen LogP contribution is 1.98. The Morgan fingerprint density at radius 1 is 1.50 bits per heavy atom. The monoisotopic (exact) mass is 117 g/mol. The summed E-state index contributed by atoms with van der Waals surface area (Å²) in [5.41, 5.74) is 5.27. The van der Waals surface area contributed by atoms with Crippen LogP contribution in [0.1, 0.15) is 19.8 Å². The Morgan fingerprint density at radius 2 is 2.00 bits per heavy atom. The smallest absolute Gasteiger partial charge is 0.293 e. The van der Waals surface area contributed by atoms with Crippen molar-refractivity contribution in [2.75, 3.05) is 0 Å². The fraction of sp³-hybridized carbons (Fsp3) is 0.600. The summed E-state index contributed by atoms with van der Waals surface area (Å²) < 4.78 is 0. The molecular formula is C5H11NO2. The van der Waals surface area contributed by atoms with Gasteiger partial charge in [-0.1, -0.05) is 13.3 Å². The molecule has 0 unspecified atom stereocenters. The maximum atomic E-state index is 8.26. The molecule has 0 aromatic carbocycles. The Labute approximate surface area is 48.4 Å². The number of allylic oxidation sites excluding steroid dienone is 1. The Hall–Kier alpha value is -0.860. The lowest BCUT2D eigenvalue weighted by Gasteiger charge is -1.95. The number of aliphatic hydroxyl groups is 2. The van der Waals surface area contributed by atoms with Crippen molar-refractivity contribution in [3.05, 3.63) is 11.6 Å². The van der Waals surface area contributed by atoms with E-state index in [2.05, 4.69) is 0 Å². The predicted molar refractivity (Wildman–Crippen MR) is 31.4 cm³/mol. The molecule has 0 bridgehead atoms. The summed E-state index contributed by atoms with van der Waals surface area (Å²) in [5, 5.41) is 16.5. The number of aliphatic hydroxyl groups excluding tert-OH is 1. The van der Waals surface area contributed by atoms with Crippen molar-refractivity contribution in [1.29, 1.82) is 0 Å². The third kappa shape index (κ3) is 2.34. The van der Waals surface area contributed by atoms with E-state index in [1.165, 1.54) is 0 Å². The van der Waals surface area contributed by atoms with Crippen LogP contribution in [0.4, 0.5) is 0 Å². The minimum atomic E-state index is -0.744. The first-order valence-electron chi connectivity index (χ1n) is 2.55. The summed E-state index contributed by atoms with van der Waals surface area (Å²) >= 11 is 0. The van der Waals surface area contributed by atoms with Crippen molar-refractivity contribution in [2.24, 2.45) is 5.73 Å². The van der Waals surface area contributed by atoms with Crippen LogP contribution in [-0.4, -0.2) is 10.2 Å². The fourth-order valence-corrected chi connectivity index (χ4v) is 0.381. The summed E-state index contributed by atoms with van der Waals surface area (Å²) in [4.78, 5) is 0. The predicted octanol–water partition coefficient (Wildman–Crippen LogP) is 1.03. The first kappa shape index (κ1) is 7.14. The third-order valence-corrected chi connectivity index (χ3v) is 0.807. The molecule has 8 heavy (non-hydrogen) atoms. The van der Waals surface area contributed by atoms with Crippen LogP contribution in [0.5, 0.6) is 0 Å². The molecule has 0 spiro atoms. The van der Waals surface area contributed by atoms with Crippen molar-refractivity contribution in [3.63, 3.8) is 0 Å². The zero-order valence-electron chi connectivity index (χ0n) is 4.89. The number of hydrogen-bond acceptors (Lipinski definition) is 3. The Balaban J connectivity index is 3.62. The molecule has 3 heteroatoms. The normalized spacial score (nSPS) is 8.62. The summed E-state index contributed by atoms with van der Waals surface area (Å²) in [6, 6.07) is 0. The van der Waals surface area contributed by atoms with Gasteiger partial charge in [0, 0.05) is 0 Å². The Bertz CT molecular complexity index is 94.6. The van der Waals surface area contributed by atoms with Gasteiger partial charge in [-0.05, 0) is 6.42 Å². The van der Waals surface area contributed by atoms with Crippen molar-refractivity contribution in [2.45, 2.75) is 19.8 Å². The van der Waals surface area contributed by atoms with Crippen molar-refractivity contribution >= 4 is 0 Å². The molecule has 0 fully saturated rings. The molecular weight excluding hydrogens is 106 g/mol. The van der Waals surface area contributed by atoms with E-state index < -0.39 is 5.95 Å². The van der Waals surface area contributed by atoms with Gasteiger partial charge in [0.1, 0.15) is 0 Å². The molecule has 0 aromatic heterocycles. The highest BCUT2D eigenvalue weighted by Gasteiger charge is 1.93. The van der Waals surface area contributed by atoms with E-state index in [0.717, 1.165) is 6.42 Å². The van der Waals surface area contributed by atoms with Gasteiger partial charge in [-0.15, -0.1) is 0 Å². The highest BCUT2D eigenvalue weighted by atomic mass is 16.5. The summed E-state index contributed by atoms with van der Waals surface area (Å²) in [6.45, 7) is 1.91. The largest absolute Gasteiger partial charge is 0.480 e. The number of nitrogens with two attached hydrogens (primary N) is 1. The standard InChI is InChI=1S/C5H11NO2/c1-2-3-4(6)5(7)8/h7-8H,2-3,6H2,1H3. The Morgan fingerprint density at radius 3 is 2.12 bits per heavy atom. The van der Waals surface area contributed by atoms with Gasteiger partial charge in [-0.2, -0.15) is 0 Å². The first-order chi connectivity index (χ1) is 3.68. The minimum Gasteiger partial charge on any atom is -0.480 e. The second kappa shape index (κ2) is 3.18. The second-order valence-corrected chi connectivity index (χ2v) is 1.60. The molecule has 0 amide bonds. The van der Waals surface area contributed by atoms with Crippen molar-refractivity contribution < 1.29 is 10.2 Å². The molecule has 0 aliphatic heterocycles. The van der Waals surface area contributed by atoms with Crippen LogP contribution in [0.25, 0.3) is 0 Å². The van der Waals surface area contributed by atoms with Crippen LogP contribution < -0.4 is 5.73 Å². The molecule has 0 rings (SSSR count). The van der Waals surface area contributed by atoms with Gasteiger partial charge >= 0.3 is 0 Å². The molecule has 0 heterocycles. The van der Waals surface area contributed by atoms with Crippen LogP contribution in [0.3, 0.4) is 0 Å². The van der Waals surface area contributed by atoms with Gasteiger partial charge in [0.2, 0.25) is 0 Å². The second-order valence-electron chi connectivity index (χ2n) is 1.60. The molecule has 0 aliphatic carbocycles. The first-order valence-corrected chi connectivity index (χ1v) is 2.55. The van der Waals surface area contributed by atoms with Gasteiger partial charge < -0.3 is 15.9 Å². The lowest BCUT2D eigenvalue weighted by atomic mass is 10.3. The van der Waals surface area contributed by atoms with Crippen molar-refractivity contribution in [1.82, 2.24) is 0 Å². The van der Waals surface area contributed by atoms with E-state index in [-0.39, 0.29) is 5.70 Å². The average molecular weight is 117 g/mol. The quantitative estimate of drug-likeness (QED) is 0.473. The van der Waals surface area contributed by atoms with Gasteiger partial charge in [0.25, 0.3) is 5.95 Å². The minimum absolute atomic E-state index is 0.160. The fourth-order valence-electron chi connectivity index (χ4n) is 0.381. The molecule has 0 radical (unpaired) electrons. The lowest BCUT2D eigenvalue weighted by Crippen LogP contribution is -2.00. The molecule has 0 aliphatic rings. The Kier molecular flexibility index (Phi) is 2.84. The summed E-state index contributed by atoms with van der Waals surface area (Å²) in [6.07, 6.45) is 1.37. The molecule has 48 valence electrons. The van der Waals surface area contributed by atoms with Crippen LogP contribution in [0.2, 0.25) is 0 Å². The number of hydrogen-bond donors (Lipinski definition) is 3. The van der Waals surface area contributed by atoms with E-state index in [9.17, 15) is 0 Å². The van der Waals surface area contributed by atoms with Crippen LogP contribution in [-0.2, 0) is 0 Å². The van der Waals surface area contributed by atoms with E-state index in [1.54, 1.807) is 0 Å². The van der Waals surface area contributed by atoms with Gasteiger partial charge in [-0.3, -0.25) is 0 Å². The van der Waals surface area contributed by atoms with Crippen LogP contribution >= 0.6 is 0 Å². The number of rotatable bonds is 2. The van der Waals surface area contributed by atoms with E-state index in [4.69, 9.17) is 15.9 Å². The third-order valence-electron chi connectivity index (χ3n) is 0.807. The lowest BCUT2D eigenvalue weighted by molar-refractivity contribution is 0.182. The average Bonchev–Trinajstić information content (AvgIpc) is 1.67. The highest BCUT2D eigenvalue weighted by molar-refractivity contribution is 4.94. The van der Waals surface area contributed by atoms with Crippen molar-refractivity contribution in [3.8, 4) is 0 Å². The van der Waals surface area contributed by atoms with Gasteiger partial charge in [-0.25, -0.2) is 0 Å². The maximum absolute atomic E-state index is 8.26. The van der Waals surface area contributed by atoms with Gasteiger partial charge in [0.05, 0.1) is 5.70 Å². The molecule has 0 saturated heterocycles. The van der Waals surface area contributed by atoms with E-state index >= 15 is 0 Å². The molecule has 0 atom stereocenters. The molecule has 0 aromatic rings. The SMILES string of the molecule is CCCC(N)=C(O)O. The van der Waals surface area contributed by atoms with Crippen LogP contribution in [0, 0.1) is 0 Å². The molecule has 3 nitrogen and oxygen atoms in total. The van der Waals surface area contributed by atoms with Crippen LogP contribution in [0.15, 0.2) is 11.6 Å². The topological polar surface area (TPSA) is 66.5 Å². The van der Waals surface area contributed by atoms with E-state index in [1.807, 2.05) is 6.92 Å².